The zero-order chi connectivity index (χ0) is 11.3. The van der Waals surface area contributed by atoms with Gasteiger partial charge in [-0.05, 0) is 25.8 Å². The minimum atomic E-state index is -0.0864. The van der Waals surface area contributed by atoms with Crippen molar-refractivity contribution in [3.63, 3.8) is 0 Å². The molecule has 0 aliphatic heterocycles. The summed E-state index contributed by atoms with van der Waals surface area (Å²) in [6.45, 7) is 4.12. The van der Waals surface area contributed by atoms with Crippen molar-refractivity contribution in [2.24, 2.45) is 0 Å². The van der Waals surface area contributed by atoms with Gasteiger partial charge in [0.2, 0.25) is 5.91 Å². The van der Waals surface area contributed by atoms with Gasteiger partial charge in [-0.3, -0.25) is 9.63 Å². The van der Waals surface area contributed by atoms with Gasteiger partial charge in [0, 0.05) is 6.42 Å². The molecule has 0 aliphatic rings. The molecule has 0 bridgehead atoms. The van der Waals surface area contributed by atoms with Crippen molar-refractivity contribution < 1.29 is 9.63 Å². The van der Waals surface area contributed by atoms with E-state index in [2.05, 4.69) is 42.4 Å². The molecule has 0 heterocycles. The fourth-order valence-corrected chi connectivity index (χ4v) is 1.64. The molecule has 0 aliphatic carbocycles. The zero-order valence-corrected chi connectivity index (χ0v) is 9.46. The molecule has 1 aromatic carbocycles. The molecule has 0 aromatic heterocycles. The summed E-state index contributed by atoms with van der Waals surface area (Å²) in [6, 6.07) is 6.33. The molecule has 1 rings (SSSR count). The van der Waals surface area contributed by atoms with E-state index < -0.39 is 0 Å². The lowest BCUT2D eigenvalue weighted by Gasteiger charge is -2.05. The first-order valence-corrected chi connectivity index (χ1v) is 5.01. The third kappa shape index (κ3) is 4.13. The van der Waals surface area contributed by atoms with Crippen LogP contribution in [0.25, 0.3) is 0 Å². The highest BCUT2D eigenvalue weighted by Gasteiger charge is 2.02. The van der Waals surface area contributed by atoms with Crippen molar-refractivity contribution in [1.29, 1.82) is 0 Å². The molecule has 1 amide bonds. The number of benzene rings is 1. The number of hydrogen-bond donors (Lipinski definition) is 1. The Bertz CT molecular complexity index is 327. The Labute approximate surface area is 90.4 Å². The summed E-state index contributed by atoms with van der Waals surface area (Å²) in [5.74, 6) is -0.0864. The van der Waals surface area contributed by atoms with Gasteiger partial charge >= 0.3 is 0 Å². The van der Waals surface area contributed by atoms with Gasteiger partial charge in [0.05, 0.1) is 7.11 Å². The predicted molar refractivity (Wildman–Crippen MR) is 59.4 cm³/mol. The van der Waals surface area contributed by atoms with E-state index in [1.807, 2.05) is 0 Å². The van der Waals surface area contributed by atoms with Crippen molar-refractivity contribution in [2.75, 3.05) is 7.11 Å². The van der Waals surface area contributed by atoms with Gasteiger partial charge in [-0.25, -0.2) is 5.48 Å². The third-order valence-corrected chi connectivity index (χ3v) is 2.14. The quantitative estimate of drug-likeness (QED) is 0.766. The van der Waals surface area contributed by atoms with E-state index in [4.69, 9.17) is 0 Å². The van der Waals surface area contributed by atoms with E-state index in [0.717, 1.165) is 6.42 Å². The Hall–Kier alpha value is -1.35. The standard InChI is InChI=1S/C12H17NO2/c1-9-6-10(2)8-11(7-9)4-5-12(14)13-15-3/h6-8H,4-5H2,1-3H3,(H,13,14). The van der Waals surface area contributed by atoms with E-state index in [1.54, 1.807) is 0 Å². The maximum absolute atomic E-state index is 11.2. The van der Waals surface area contributed by atoms with Crippen LogP contribution in [0.2, 0.25) is 0 Å². The molecule has 0 spiro atoms. The molecule has 1 N–H and O–H groups in total. The Morgan fingerprint density at radius 1 is 1.27 bits per heavy atom. The monoisotopic (exact) mass is 207 g/mol. The summed E-state index contributed by atoms with van der Waals surface area (Å²) in [6.07, 6.45) is 1.20. The van der Waals surface area contributed by atoms with Crippen LogP contribution in [-0.2, 0) is 16.1 Å². The van der Waals surface area contributed by atoms with Crippen LogP contribution in [0, 0.1) is 13.8 Å². The van der Waals surface area contributed by atoms with Crippen LogP contribution in [0.1, 0.15) is 23.1 Å². The molecule has 0 radical (unpaired) electrons. The molecule has 0 fully saturated rings. The normalized spacial score (nSPS) is 10.1. The average molecular weight is 207 g/mol. The number of carbonyl (C=O) groups is 1. The summed E-state index contributed by atoms with van der Waals surface area (Å²) >= 11 is 0. The first-order chi connectivity index (χ1) is 7.11. The fraction of sp³-hybridized carbons (Fsp3) is 0.417. The Balaban J connectivity index is 2.54. The number of rotatable bonds is 4. The molecule has 15 heavy (non-hydrogen) atoms. The van der Waals surface area contributed by atoms with Crippen LogP contribution in [0.5, 0.6) is 0 Å². The first-order valence-electron chi connectivity index (χ1n) is 5.01. The van der Waals surface area contributed by atoms with Crippen molar-refractivity contribution in [3.05, 3.63) is 34.9 Å². The number of nitrogens with one attached hydrogen (secondary N) is 1. The molecular formula is C12H17NO2. The lowest BCUT2D eigenvalue weighted by Crippen LogP contribution is -2.21. The Morgan fingerprint density at radius 2 is 1.87 bits per heavy atom. The molecule has 0 saturated carbocycles. The lowest BCUT2D eigenvalue weighted by molar-refractivity contribution is -0.131. The highest BCUT2D eigenvalue weighted by molar-refractivity contribution is 5.75. The van der Waals surface area contributed by atoms with E-state index in [0.29, 0.717) is 6.42 Å². The molecule has 82 valence electrons. The smallest absolute Gasteiger partial charge is 0.243 e. The van der Waals surface area contributed by atoms with Gasteiger partial charge in [0.15, 0.2) is 0 Å². The molecule has 0 unspecified atom stereocenters. The average Bonchev–Trinajstić information content (AvgIpc) is 2.14. The van der Waals surface area contributed by atoms with Crippen LogP contribution >= 0.6 is 0 Å². The summed E-state index contributed by atoms with van der Waals surface area (Å²) in [7, 11) is 1.44. The molecule has 3 nitrogen and oxygen atoms in total. The molecule has 0 atom stereocenters. The van der Waals surface area contributed by atoms with Crippen LogP contribution < -0.4 is 5.48 Å². The van der Waals surface area contributed by atoms with E-state index >= 15 is 0 Å². The second-order valence-corrected chi connectivity index (χ2v) is 3.73. The number of hydroxylamine groups is 1. The summed E-state index contributed by atoms with van der Waals surface area (Å²) in [4.78, 5) is 15.7. The summed E-state index contributed by atoms with van der Waals surface area (Å²) in [5, 5.41) is 0. The van der Waals surface area contributed by atoms with Crippen LogP contribution in [-0.4, -0.2) is 13.0 Å². The summed E-state index contributed by atoms with van der Waals surface area (Å²) in [5.41, 5.74) is 5.97. The van der Waals surface area contributed by atoms with Gasteiger partial charge in [0.1, 0.15) is 0 Å². The second-order valence-electron chi connectivity index (χ2n) is 3.73. The molecule has 1 aromatic rings. The number of hydrogen-bond acceptors (Lipinski definition) is 2. The summed E-state index contributed by atoms with van der Waals surface area (Å²) < 4.78 is 0. The highest BCUT2D eigenvalue weighted by atomic mass is 16.6. The maximum atomic E-state index is 11.2. The number of aryl methyl sites for hydroxylation is 3. The molecule has 0 saturated heterocycles. The number of amides is 1. The predicted octanol–water partition coefficient (Wildman–Crippen LogP) is 1.91. The van der Waals surface area contributed by atoms with Crippen LogP contribution in [0.4, 0.5) is 0 Å². The third-order valence-electron chi connectivity index (χ3n) is 2.14. The number of carbonyl (C=O) groups excluding carboxylic acids is 1. The zero-order valence-electron chi connectivity index (χ0n) is 9.46. The Morgan fingerprint density at radius 3 is 2.40 bits per heavy atom. The largest absolute Gasteiger partial charge is 0.277 e. The van der Waals surface area contributed by atoms with Crippen molar-refractivity contribution in [3.8, 4) is 0 Å². The molecular weight excluding hydrogens is 190 g/mol. The van der Waals surface area contributed by atoms with Crippen molar-refractivity contribution in [1.82, 2.24) is 5.48 Å². The topological polar surface area (TPSA) is 38.3 Å². The van der Waals surface area contributed by atoms with Crippen molar-refractivity contribution >= 4 is 5.91 Å². The van der Waals surface area contributed by atoms with Crippen LogP contribution in [0.3, 0.4) is 0 Å². The van der Waals surface area contributed by atoms with Crippen molar-refractivity contribution in [2.45, 2.75) is 26.7 Å². The second kappa shape index (κ2) is 5.51. The van der Waals surface area contributed by atoms with E-state index in [-0.39, 0.29) is 5.91 Å². The highest BCUT2D eigenvalue weighted by Crippen LogP contribution is 2.10. The van der Waals surface area contributed by atoms with Gasteiger partial charge in [-0.2, -0.15) is 0 Å². The fourth-order valence-electron chi connectivity index (χ4n) is 1.64. The minimum Gasteiger partial charge on any atom is -0.277 e. The molecule has 3 heteroatoms. The van der Waals surface area contributed by atoms with E-state index in [1.165, 1.54) is 23.8 Å². The lowest BCUT2D eigenvalue weighted by atomic mass is 10.0. The Kier molecular flexibility index (Phi) is 4.31. The van der Waals surface area contributed by atoms with E-state index in [9.17, 15) is 4.79 Å². The minimum absolute atomic E-state index is 0.0864. The van der Waals surface area contributed by atoms with Crippen LogP contribution in [0.15, 0.2) is 18.2 Å². The van der Waals surface area contributed by atoms with Gasteiger partial charge < -0.3 is 0 Å². The van der Waals surface area contributed by atoms with Gasteiger partial charge in [-0.1, -0.05) is 29.3 Å². The maximum Gasteiger partial charge on any atom is 0.243 e. The van der Waals surface area contributed by atoms with Gasteiger partial charge in [0.25, 0.3) is 0 Å². The van der Waals surface area contributed by atoms with Gasteiger partial charge in [-0.15, -0.1) is 0 Å². The first kappa shape index (κ1) is 11.7. The SMILES string of the molecule is CONC(=O)CCc1cc(C)cc(C)c1.